The lowest BCUT2D eigenvalue weighted by Gasteiger charge is -2.25. The van der Waals surface area contributed by atoms with Crippen molar-refractivity contribution in [3.05, 3.63) is 22.4 Å². The Labute approximate surface area is 109 Å². The van der Waals surface area contributed by atoms with Crippen molar-refractivity contribution < 1.29 is 9.90 Å². The molecule has 0 saturated heterocycles. The van der Waals surface area contributed by atoms with Crippen molar-refractivity contribution in [2.24, 2.45) is 5.92 Å². The second-order valence-electron chi connectivity index (χ2n) is 4.63. The van der Waals surface area contributed by atoms with Gasteiger partial charge in [-0.25, -0.2) is 0 Å². The van der Waals surface area contributed by atoms with Gasteiger partial charge in [0.05, 0.1) is 6.10 Å². The van der Waals surface area contributed by atoms with Gasteiger partial charge >= 0.3 is 0 Å². The van der Waals surface area contributed by atoms with Crippen LogP contribution in [0.25, 0.3) is 0 Å². The lowest BCUT2D eigenvalue weighted by atomic mass is 9.87. The molecule has 0 radical (unpaired) electrons. The molecule has 1 saturated carbocycles. The average molecular weight is 301 g/mol. The Morgan fingerprint density at radius 3 is 3.06 bits per heavy atom. The van der Waals surface area contributed by atoms with Crippen molar-refractivity contribution >= 4 is 21.8 Å². The fourth-order valence-electron chi connectivity index (χ4n) is 2.28. The number of aromatic nitrogens is 1. The van der Waals surface area contributed by atoms with E-state index in [-0.39, 0.29) is 12.0 Å². The van der Waals surface area contributed by atoms with Crippen LogP contribution in [-0.2, 0) is 0 Å². The summed E-state index contributed by atoms with van der Waals surface area (Å²) in [5, 5.41) is 12.4. The Kier molecular flexibility index (Phi) is 4.23. The van der Waals surface area contributed by atoms with Gasteiger partial charge in [-0.2, -0.15) is 0 Å². The van der Waals surface area contributed by atoms with Crippen LogP contribution in [0.4, 0.5) is 0 Å². The monoisotopic (exact) mass is 300 g/mol. The summed E-state index contributed by atoms with van der Waals surface area (Å²) < 4.78 is 0.871. The van der Waals surface area contributed by atoms with E-state index in [4.69, 9.17) is 0 Å². The number of aromatic amines is 1. The lowest BCUT2D eigenvalue weighted by Crippen LogP contribution is -2.33. The van der Waals surface area contributed by atoms with Crippen molar-refractivity contribution in [3.63, 3.8) is 0 Å². The Bertz CT molecular complexity index is 392. The minimum absolute atomic E-state index is 0.0873. The number of hydrogen-bond donors (Lipinski definition) is 3. The van der Waals surface area contributed by atoms with Gasteiger partial charge in [0, 0.05) is 17.2 Å². The zero-order valence-electron chi connectivity index (χ0n) is 9.58. The molecule has 1 aliphatic rings. The first-order valence-corrected chi connectivity index (χ1v) is 6.74. The van der Waals surface area contributed by atoms with E-state index in [9.17, 15) is 9.90 Å². The van der Waals surface area contributed by atoms with Crippen LogP contribution in [-0.4, -0.2) is 28.6 Å². The molecular formula is C12H17BrN2O2. The molecule has 3 N–H and O–H groups in total. The van der Waals surface area contributed by atoms with Crippen molar-refractivity contribution in [1.82, 2.24) is 10.3 Å². The van der Waals surface area contributed by atoms with Crippen LogP contribution in [0.5, 0.6) is 0 Å². The molecule has 1 amide bonds. The minimum Gasteiger partial charge on any atom is -0.393 e. The number of halogens is 1. The van der Waals surface area contributed by atoms with Gasteiger partial charge in [0.2, 0.25) is 0 Å². The smallest absolute Gasteiger partial charge is 0.267 e. The third-order valence-corrected chi connectivity index (χ3v) is 3.66. The molecule has 1 aromatic rings. The number of nitrogens with one attached hydrogen (secondary N) is 2. The van der Waals surface area contributed by atoms with Gasteiger partial charge < -0.3 is 15.4 Å². The van der Waals surface area contributed by atoms with Gasteiger partial charge in [-0.15, -0.1) is 0 Å². The molecule has 1 fully saturated rings. The van der Waals surface area contributed by atoms with Crippen LogP contribution in [0.15, 0.2) is 16.7 Å². The number of amides is 1. The van der Waals surface area contributed by atoms with Crippen molar-refractivity contribution in [3.8, 4) is 0 Å². The quantitative estimate of drug-likeness (QED) is 0.800. The van der Waals surface area contributed by atoms with E-state index in [1.165, 1.54) is 0 Å². The van der Waals surface area contributed by atoms with Crippen LogP contribution in [0.1, 0.15) is 36.2 Å². The molecule has 0 aromatic carbocycles. The zero-order chi connectivity index (χ0) is 12.3. The van der Waals surface area contributed by atoms with Gasteiger partial charge in [0.25, 0.3) is 5.91 Å². The van der Waals surface area contributed by atoms with Gasteiger partial charge in [0.15, 0.2) is 0 Å². The Balaban J connectivity index is 1.80. The van der Waals surface area contributed by atoms with Crippen molar-refractivity contribution in [1.29, 1.82) is 0 Å². The highest BCUT2D eigenvalue weighted by Gasteiger charge is 2.20. The van der Waals surface area contributed by atoms with E-state index in [2.05, 4.69) is 26.2 Å². The van der Waals surface area contributed by atoms with Crippen LogP contribution in [0, 0.1) is 5.92 Å². The third kappa shape index (κ3) is 3.57. The lowest BCUT2D eigenvalue weighted by molar-refractivity contribution is 0.0870. The average Bonchev–Trinajstić information content (AvgIpc) is 2.73. The molecule has 2 unspecified atom stereocenters. The van der Waals surface area contributed by atoms with Gasteiger partial charge in [0.1, 0.15) is 5.69 Å². The Morgan fingerprint density at radius 1 is 1.59 bits per heavy atom. The topological polar surface area (TPSA) is 65.1 Å². The molecular weight excluding hydrogens is 284 g/mol. The first kappa shape index (κ1) is 12.6. The molecule has 0 aliphatic heterocycles. The molecule has 4 nitrogen and oxygen atoms in total. The highest BCUT2D eigenvalue weighted by Crippen LogP contribution is 2.23. The third-order valence-electron chi connectivity index (χ3n) is 3.20. The van der Waals surface area contributed by atoms with E-state index in [0.29, 0.717) is 18.2 Å². The highest BCUT2D eigenvalue weighted by atomic mass is 79.9. The van der Waals surface area contributed by atoms with Crippen LogP contribution < -0.4 is 5.32 Å². The molecule has 0 spiro atoms. The number of aliphatic hydroxyl groups excluding tert-OH is 1. The fourth-order valence-corrected chi connectivity index (χ4v) is 2.62. The van der Waals surface area contributed by atoms with E-state index in [0.717, 1.165) is 30.2 Å². The summed E-state index contributed by atoms with van der Waals surface area (Å²) in [6.07, 6.45) is 5.38. The summed E-state index contributed by atoms with van der Waals surface area (Å²) in [7, 11) is 0. The molecule has 1 aliphatic carbocycles. The summed E-state index contributed by atoms with van der Waals surface area (Å²) in [6.45, 7) is 0.645. The molecule has 17 heavy (non-hydrogen) atoms. The summed E-state index contributed by atoms with van der Waals surface area (Å²) in [5.74, 6) is 0.317. The number of carbonyl (C=O) groups excluding carboxylic acids is 1. The van der Waals surface area contributed by atoms with Crippen LogP contribution >= 0.6 is 15.9 Å². The zero-order valence-corrected chi connectivity index (χ0v) is 11.2. The molecule has 2 atom stereocenters. The van der Waals surface area contributed by atoms with E-state index < -0.39 is 0 Å². The Morgan fingerprint density at radius 2 is 2.41 bits per heavy atom. The van der Waals surface area contributed by atoms with Gasteiger partial charge in [-0.3, -0.25) is 4.79 Å². The van der Waals surface area contributed by atoms with Crippen LogP contribution in [0.2, 0.25) is 0 Å². The maximum absolute atomic E-state index is 11.8. The summed E-state index contributed by atoms with van der Waals surface area (Å²) in [4.78, 5) is 14.6. The maximum atomic E-state index is 11.8. The summed E-state index contributed by atoms with van der Waals surface area (Å²) in [5.41, 5.74) is 0.563. The van der Waals surface area contributed by atoms with Crippen LogP contribution in [0.3, 0.4) is 0 Å². The number of carbonyl (C=O) groups is 1. The molecule has 94 valence electrons. The summed E-state index contributed by atoms with van der Waals surface area (Å²) in [6, 6.07) is 1.76. The first-order valence-electron chi connectivity index (χ1n) is 5.95. The Hall–Kier alpha value is -0.810. The largest absolute Gasteiger partial charge is 0.393 e. The van der Waals surface area contributed by atoms with Crippen molar-refractivity contribution in [2.75, 3.05) is 6.54 Å². The molecule has 1 heterocycles. The maximum Gasteiger partial charge on any atom is 0.267 e. The first-order chi connectivity index (χ1) is 8.15. The van der Waals surface area contributed by atoms with Crippen molar-refractivity contribution in [2.45, 2.75) is 31.8 Å². The molecule has 2 rings (SSSR count). The minimum atomic E-state index is -0.190. The molecule has 0 bridgehead atoms. The standard InChI is InChI=1S/C12H17BrN2O2/c13-9-5-11(14-7-9)12(17)15-6-8-2-1-3-10(16)4-8/h5,7-8,10,14,16H,1-4,6H2,(H,15,17). The van der Waals surface area contributed by atoms with E-state index in [1.807, 2.05) is 0 Å². The van der Waals surface area contributed by atoms with E-state index >= 15 is 0 Å². The highest BCUT2D eigenvalue weighted by molar-refractivity contribution is 9.10. The predicted molar refractivity (Wildman–Crippen MR) is 68.8 cm³/mol. The second-order valence-corrected chi connectivity index (χ2v) is 5.54. The van der Waals surface area contributed by atoms with Gasteiger partial charge in [-0.05, 0) is 47.2 Å². The molecule has 1 aromatic heterocycles. The normalized spacial score (nSPS) is 24.6. The SMILES string of the molecule is O=C(NCC1CCCC(O)C1)c1cc(Br)c[nH]1. The number of aliphatic hydroxyl groups is 1. The predicted octanol–water partition coefficient (Wildman–Crippen LogP) is 2.06. The van der Waals surface area contributed by atoms with E-state index in [1.54, 1.807) is 12.3 Å². The fraction of sp³-hybridized carbons (Fsp3) is 0.583. The number of hydrogen-bond acceptors (Lipinski definition) is 2. The number of H-pyrrole nitrogens is 1. The second kappa shape index (κ2) is 5.69. The number of rotatable bonds is 3. The molecule has 5 heteroatoms. The van der Waals surface area contributed by atoms with Gasteiger partial charge in [-0.1, -0.05) is 6.42 Å². The summed E-state index contributed by atoms with van der Waals surface area (Å²) >= 11 is 3.29.